The number of rotatable bonds is 8. The summed E-state index contributed by atoms with van der Waals surface area (Å²) < 4.78 is 0. The monoisotopic (exact) mass is 294 g/mol. The van der Waals surface area contributed by atoms with Gasteiger partial charge in [-0.25, -0.2) is 0 Å². The van der Waals surface area contributed by atoms with Gasteiger partial charge in [0.05, 0.1) is 0 Å². The number of hydrogen-bond donors (Lipinski definition) is 0. The van der Waals surface area contributed by atoms with E-state index in [-0.39, 0.29) is 50.0 Å². The quantitative estimate of drug-likeness (QED) is 0.440. The van der Waals surface area contributed by atoms with Crippen LogP contribution in [0.3, 0.4) is 0 Å². The standard InChI is InChI=1S/2C8H20B.Ca/c2*1-5-9(6-2,7-3)8-4;/h2*5-8H2,1-4H3;/q2*-1;+2. The van der Waals surface area contributed by atoms with Gasteiger partial charge in [0, 0.05) is 0 Å². The van der Waals surface area contributed by atoms with Crippen LogP contribution in [0.4, 0.5) is 0 Å². The van der Waals surface area contributed by atoms with E-state index in [1.807, 2.05) is 0 Å². The molecule has 112 valence electrons. The van der Waals surface area contributed by atoms with Crippen molar-refractivity contribution in [2.75, 3.05) is 0 Å². The first-order chi connectivity index (χ1) is 8.49. The van der Waals surface area contributed by atoms with Crippen LogP contribution in [0.15, 0.2) is 0 Å². The Hall–Kier alpha value is 1.39. The van der Waals surface area contributed by atoms with E-state index >= 15 is 0 Å². The minimum atomic E-state index is 0. The fourth-order valence-electron chi connectivity index (χ4n) is 3.46. The molecule has 0 saturated carbocycles. The average molecular weight is 294 g/mol. The summed E-state index contributed by atoms with van der Waals surface area (Å²) in [6.45, 7) is 18.6. The third-order valence-corrected chi connectivity index (χ3v) is 6.93. The Morgan fingerprint density at radius 3 is 0.474 bits per heavy atom. The van der Waals surface area contributed by atoms with Gasteiger partial charge in [-0.05, 0) is 12.3 Å². The molecule has 0 atom stereocenters. The molecule has 0 nitrogen and oxygen atoms in total. The van der Waals surface area contributed by atoms with Crippen molar-refractivity contribution in [3.8, 4) is 0 Å². The first kappa shape index (κ1) is 25.3. The van der Waals surface area contributed by atoms with Crippen LogP contribution in [0.1, 0.15) is 55.4 Å². The molecule has 0 amide bonds. The normalized spacial score (nSPS) is 11.4. The maximum Gasteiger partial charge on any atom is 2.00 e. The Bertz CT molecular complexity index is 121. The van der Waals surface area contributed by atoms with Crippen molar-refractivity contribution in [1.82, 2.24) is 0 Å². The zero-order valence-electron chi connectivity index (χ0n) is 15.5. The van der Waals surface area contributed by atoms with Crippen molar-refractivity contribution in [1.29, 1.82) is 0 Å². The van der Waals surface area contributed by atoms with Gasteiger partial charge in [-0.15, -0.1) is 0 Å². The topological polar surface area (TPSA) is 0 Å². The molecule has 0 aliphatic heterocycles. The second-order valence-corrected chi connectivity index (χ2v) is 6.73. The predicted octanol–water partition coefficient (Wildman–Crippen LogP) is 6.65. The minimum absolute atomic E-state index is 0. The Morgan fingerprint density at radius 1 is 0.368 bits per heavy atom. The smallest absolute Gasteiger partial charge is 0.181 e. The van der Waals surface area contributed by atoms with Crippen LogP contribution < -0.4 is 0 Å². The van der Waals surface area contributed by atoms with Gasteiger partial charge in [-0.3, -0.25) is 0 Å². The van der Waals surface area contributed by atoms with Crippen LogP contribution in [0.2, 0.25) is 50.6 Å². The van der Waals surface area contributed by atoms with Gasteiger partial charge < -0.3 is 0 Å². The summed E-state index contributed by atoms with van der Waals surface area (Å²) >= 11 is 0. The first-order valence-corrected chi connectivity index (χ1v) is 8.92. The molecular weight excluding hydrogens is 254 g/mol. The molecule has 0 aromatic rings. The van der Waals surface area contributed by atoms with E-state index < -0.39 is 0 Å². The molecule has 0 rings (SSSR count). The van der Waals surface area contributed by atoms with Crippen LogP contribution in [-0.2, 0) is 0 Å². The van der Waals surface area contributed by atoms with Gasteiger partial charge in [0.1, 0.15) is 0 Å². The van der Waals surface area contributed by atoms with E-state index in [1.165, 1.54) is 50.6 Å². The molecule has 0 aliphatic rings. The Kier molecular flexibility index (Phi) is 19.1. The van der Waals surface area contributed by atoms with Gasteiger partial charge in [0.2, 0.25) is 0 Å². The largest absolute Gasteiger partial charge is 2.00 e. The molecule has 0 aliphatic carbocycles. The molecule has 0 heterocycles. The van der Waals surface area contributed by atoms with Crippen LogP contribution in [0.5, 0.6) is 0 Å². The van der Waals surface area contributed by atoms with E-state index in [2.05, 4.69) is 55.4 Å². The van der Waals surface area contributed by atoms with Crippen molar-refractivity contribution < 1.29 is 0 Å². The Morgan fingerprint density at radius 2 is 0.474 bits per heavy atom. The van der Waals surface area contributed by atoms with E-state index in [4.69, 9.17) is 0 Å². The summed E-state index contributed by atoms with van der Waals surface area (Å²) in [5.74, 6) is 0. The summed E-state index contributed by atoms with van der Waals surface area (Å²) in [4.78, 5) is 0. The van der Waals surface area contributed by atoms with Crippen LogP contribution in [0, 0.1) is 0 Å². The van der Waals surface area contributed by atoms with Gasteiger partial charge in [0.15, 0.2) is 0 Å². The van der Waals surface area contributed by atoms with Crippen molar-refractivity contribution in [3.05, 3.63) is 0 Å². The van der Waals surface area contributed by atoms with Gasteiger partial charge >= 0.3 is 37.7 Å². The van der Waals surface area contributed by atoms with E-state index in [1.54, 1.807) is 0 Å². The molecule has 19 heavy (non-hydrogen) atoms. The zero-order chi connectivity index (χ0) is 14.7. The second kappa shape index (κ2) is 14.3. The van der Waals surface area contributed by atoms with Crippen molar-refractivity contribution in [2.45, 2.75) is 106 Å². The van der Waals surface area contributed by atoms with Gasteiger partial charge in [-0.2, -0.15) is 50.6 Å². The summed E-state index contributed by atoms with van der Waals surface area (Å²) in [5.41, 5.74) is 0. The molecule has 0 N–H and O–H groups in total. The SMILES string of the molecule is CC[B-](CC)(CC)CC.CC[B-](CC)(CC)CC.[Ca+2]. The summed E-state index contributed by atoms with van der Waals surface area (Å²) in [6, 6.07) is 0. The molecule has 0 spiro atoms. The molecular formula is C16H40B2Ca. The van der Waals surface area contributed by atoms with Crippen molar-refractivity contribution in [2.24, 2.45) is 0 Å². The van der Waals surface area contributed by atoms with Crippen molar-refractivity contribution in [3.63, 3.8) is 0 Å². The molecule has 0 unspecified atom stereocenters. The molecule has 0 saturated heterocycles. The fraction of sp³-hybridized carbons (Fsp3) is 1.00. The third kappa shape index (κ3) is 9.10. The Balaban J connectivity index is -0.000000256. The zero-order valence-corrected chi connectivity index (χ0v) is 17.7. The van der Waals surface area contributed by atoms with Crippen LogP contribution >= 0.6 is 0 Å². The van der Waals surface area contributed by atoms with E-state index in [0.29, 0.717) is 0 Å². The summed E-state index contributed by atoms with van der Waals surface area (Å²) in [6.07, 6.45) is 11.4. The van der Waals surface area contributed by atoms with Crippen LogP contribution in [-0.4, -0.2) is 50.0 Å². The predicted molar refractivity (Wildman–Crippen MR) is 101 cm³/mol. The minimum Gasteiger partial charge on any atom is -0.181 e. The maximum absolute atomic E-state index is 2.33. The van der Waals surface area contributed by atoms with E-state index in [9.17, 15) is 0 Å². The van der Waals surface area contributed by atoms with Crippen LogP contribution in [0.25, 0.3) is 0 Å². The second-order valence-electron chi connectivity index (χ2n) is 6.73. The molecule has 3 heteroatoms. The number of hydrogen-bond acceptors (Lipinski definition) is 0. The average Bonchev–Trinajstić information content (AvgIpc) is 2.46. The molecule has 0 fully saturated rings. The summed E-state index contributed by atoms with van der Waals surface area (Å²) in [7, 11) is 0. The summed E-state index contributed by atoms with van der Waals surface area (Å²) in [5, 5.41) is 0. The van der Waals surface area contributed by atoms with Gasteiger partial charge in [0.25, 0.3) is 0 Å². The van der Waals surface area contributed by atoms with E-state index in [0.717, 1.165) is 0 Å². The third-order valence-electron chi connectivity index (χ3n) is 6.93. The molecule has 0 radical (unpaired) electrons. The van der Waals surface area contributed by atoms with Crippen molar-refractivity contribution >= 4 is 50.0 Å². The maximum atomic E-state index is 2.33. The molecule has 0 bridgehead atoms. The van der Waals surface area contributed by atoms with Gasteiger partial charge in [-0.1, -0.05) is 55.4 Å². The molecule has 0 aromatic heterocycles. The Labute approximate surface area is 155 Å². The first-order valence-electron chi connectivity index (χ1n) is 8.92. The fourth-order valence-corrected chi connectivity index (χ4v) is 3.46. The molecule has 0 aromatic carbocycles.